The second-order valence-corrected chi connectivity index (χ2v) is 8.60. The summed E-state index contributed by atoms with van der Waals surface area (Å²) >= 11 is 6.03. The summed E-state index contributed by atoms with van der Waals surface area (Å²) in [6.07, 6.45) is 1.02. The Hall–Kier alpha value is -2.78. The van der Waals surface area contributed by atoms with Gasteiger partial charge in [-0.25, -0.2) is 13.2 Å². The number of carbonyl (C=O) groups excluding carboxylic acids is 2. The average Bonchev–Trinajstić information content (AvgIpc) is 2.69. The minimum atomic E-state index is -3.77. The fourth-order valence-corrected chi connectivity index (χ4v) is 4.12. The van der Waals surface area contributed by atoms with E-state index in [-0.39, 0.29) is 22.9 Å². The lowest BCUT2D eigenvalue weighted by Gasteiger charge is -2.28. The summed E-state index contributed by atoms with van der Waals surface area (Å²) < 4.78 is 35.8. The smallest absolute Gasteiger partial charge is 0.339 e. The van der Waals surface area contributed by atoms with Crippen LogP contribution in [0.1, 0.15) is 24.2 Å². The molecule has 0 aliphatic heterocycles. The van der Waals surface area contributed by atoms with E-state index in [4.69, 9.17) is 21.1 Å². The predicted molar refractivity (Wildman–Crippen MR) is 116 cm³/mol. The van der Waals surface area contributed by atoms with Crippen LogP contribution in [0, 0.1) is 0 Å². The topological polar surface area (TPSA) is 102 Å². The molecule has 0 aliphatic rings. The van der Waals surface area contributed by atoms with Crippen molar-refractivity contribution < 1.29 is 27.5 Å². The van der Waals surface area contributed by atoms with Gasteiger partial charge in [0.15, 0.2) is 0 Å². The van der Waals surface area contributed by atoms with Gasteiger partial charge in [0.05, 0.1) is 36.2 Å². The molecule has 0 radical (unpaired) electrons. The van der Waals surface area contributed by atoms with Crippen molar-refractivity contribution >= 4 is 44.9 Å². The number of nitrogens with zero attached hydrogens (tertiary/aromatic N) is 1. The number of rotatable bonds is 8. The average molecular weight is 455 g/mol. The molecule has 2 aromatic rings. The Balaban J connectivity index is 2.29. The first-order valence-electron chi connectivity index (χ1n) is 8.99. The van der Waals surface area contributed by atoms with Gasteiger partial charge in [-0.15, -0.1) is 0 Å². The molecule has 1 amide bonds. The van der Waals surface area contributed by atoms with E-state index in [1.54, 1.807) is 31.2 Å². The lowest BCUT2D eigenvalue weighted by Crippen LogP contribution is -2.45. The van der Waals surface area contributed by atoms with Crippen LogP contribution in [0.3, 0.4) is 0 Å². The highest BCUT2D eigenvalue weighted by atomic mass is 35.5. The zero-order chi connectivity index (χ0) is 22.5. The number of esters is 1. The standard InChI is InChI=1S/C20H23ClN2O6S/c1-5-29-20(25)17-12-14(6-11-18(17)21)22-19(24)13(2)23(30(4,26)27)15-7-9-16(28-3)10-8-15/h6-13H,5H2,1-4H3,(H,22,24)/t13-/m1/s1. The van der Waals surface area contributed by atoms with Crippen molar-refractivity contribution in [3.8, 4) is 5.75 Å². The lowest BCUT2D eigenvalue weighted by molar-refractivity contribution is -0.116. The van der Waals surface area contributed by atoms with Gasteiger partial charge in [-0.3, -0.25) is 9.10 Å². The number of nitrogens with one attached hydrogen (secondary N) is 1. The summed E-state index contributed by atoms with van der Waals surface area (Å²) in [6.45, 7) is 3.30. The number of methoxy groups -OCH3 is 1. The molecule has 0 aromatic heterocycles. The van der Waals surface area contributed by atoms with Crippen LogP contribution >= 0.6 is 11.6 Å². The van der Waals surface area contributed by atoms with E-state index in [1.165, 1.54) is 32.2 Å². The Morgan fingerprint density at radius 3 is 2.33 bits per heavy atom. The number of anilines is 2. The fourth-order valence-electron chi connectivity index (χ4n) is 2.75. The maximum absolute atomic E-state index is 12.8. The largest absolute Gasteiger partial charge is 0.497 e. The third kappa shape index (κ3) is 5.64. The Morgan fingerprint density at radius 2 is 1.80 bits per heavy atom. The van der Waals surface area contributed by atoms with Gasteiger partial charge in [-0.2, -0.15) is 0 Å². The van der Waals surface area contributed by atoms with Crippen LogP contribution in [0.4, 0.5) is 11.4 Å². The maximum atomic E-state index is 12.8. The molecule has 2 aromatic carbocycles. The molecule has 10 heteroatoms. The second-order valence-electron chi connectivity index (χ2n) is 6.34. The summed E-state index contributed by atoms with van der Waals surface area (Å²) in [7, 11) is -2.28. The van der Waals surface area contributed by atoms with Crippen LogP contribution < -0.4 is 14.4 Å². The van der Waals surface area contributed by atoms with Crippen LogP contribution in [-0.2, 0) is 19.6 Å². The highest BCUT2D eigenvalue weighted by Gasteiger charge is 2.29. The first-order valence-corrected chi connectivity index (χ1v) is 11.2. The van der Waals surface area contributed by atoms with Gasteiger partial charge in [0, 0.05) is 5.69 Å². The minimum absolute atomic E-state index is 0.0964. The lowest BCUT2D eigenvalue weighted by atomic mass is 10.2. The molecule has 0 bridgehead atoms. The number of carbonyl (C=O) groups is 2. The van der Waals surface area contributed by atoms with Crippen LogP contribution in [0.2, 0.25) is 5.02 Å². The van der Waals surface area contributed by atoms with Gasteiger partial charge >= 0.3 is 5.97 Å². The molecule has 162 valence electrons. The van der Waals surface area contributed by atoms with Crippen LogP contribution in [0.25, 0.3) is 0 Å². The number of halogens is 1. The highest BCUT2D eigenvalue weighted by Crippen LogP contribution is 2.25. The summed E-state index contributed by atoms with van der Waals surface area (Å²) in [5, 5.41) is 2.79. The quantitative estimate of drug-likeness (QED) is 0.614. The molecule has 0 spiro atoms. The molecule has 0 unspecified atom stereocenters. The van der Waals surface area contributed by atoms with E-state index in [0.29, 0.717) is 11.4 Å². The normalized spacial score (nSPS) is 12.0. The maximum Gasteiger partial charge on any atom is 0.339 e. The Morgan fingerprint density at radius 1 is 1.17 bits per heavy atom. The van der Waals surface area contributed by atoms with E-state index >= 15 is 0 Å². The summed E-state index contributed by atoms with van der Waals surface area (Å²) in [4.78, 5) is 24.8. The number of ether oxygens (including phenoxy) is 2. The molecule has 1 N–H and O–H groups in total. The van der Waals surface area contributed by atoms with Gasteiger partial charge in [-0.05, 0) is 56.3 Å². The zero-order valence-electron chi connectivity index (χ0n) is 17.0. The second kappa shape index (κ2) is 9.82. The number of benzene rings is 2. The van der Waals surface area contributed by atoms with E-state index in [0.717, 1.165) is 10.6 Å². The molecule has 0 fully saturated rings. The molecular weight excluding hydrogens is 432 g/mol. The molecule has 0 aliphatic carbocycles. The van der Waals surface area contributed by atoms with Gasteiger partial charge in [0.25, 0.3) is 0 Å². The van der Waals surface area contributed by atoms with E-state index in [9.17, 15) is 18.0 Å². The number of amides is 1. The van der Waals surface area contributed by atoms with Gasteiger partial charge in [0.1, 0.15) is 11.8 Å². The first-order chi connectivity index (χ1) is 14.1. The van der Waals surface area contributed by atoms with Crippen molar-refractivity contribution in [2.24, 2.45) is 0 Å². The van der Waals surface area contributed by atoms with E-state index < -0.39 is 27.9 Å². The predicted octanol–water partition coefficient (Wildman–Crippen LogP) is 3.32. The first kappa shape index (κ1) is 23.5. The van der Waals surface area contributed by atoms with E-state index in [2.05, 4.69) is 5.32 Å². The van der Waals surface area contributed by atoms with Crippen molar-refractivity contribution in [1.82, 2.24) is 0 Å². The van der Waals surface area contributed by atoms with Crippen LogP contribution in [0.15, 0.2) is 42.5 Å². The number of hydrogen-bond donors (Lipinski definition) is 1. The Bertz CT molecular complexity index is 1020. The molecule has 0 heterocycles. The molecule has 8 nitrogen and oxygen atoms in total. The molecule has 0 saturated carbocycles. The molecule has 1 atom stereocenters. The summed E-state index contributed by atoms with van der Waals surface area (Å²) in [6, 6.07) is 9.56. The molecule has 30 heavy (non-hydrogen) atoms. The third-order valence-corrected chi connectivity index (χ3v) is 5.72. The Kier molecular flexibility index (Phi) is 7.69. The van der Waals surface area contributed by atoms with Crippen LogP contribution in [-0.4, -0.2) is 46.3 Å². The number of hydrogen-bond acceptors (Lipinski definition) is 6. The summed E-state index contributed by atoms with van der Waals surface area (Å²) in [5.74, 6) is -0.659. The highest BCUT2D eigenvalue weighted by molar-refractivity contribution is 7.92. The monoisotopic (exact) mass is 454 g/mol. The SMILES string of the molecule is CCOC(=O)c1cc(NC(=O)[C@@H](C)N(c2ccc(OC)cc2)S(C)(=O)=O)ccc1Cl. The van der Waals surface area contributed by atoms with Gasteiger partial charge in [0.2, 0.25) is 15.9 Å². The fraction of sp³-hybridized carbons (Fsp3) is 0.300. The summed E-state index contributed by atoms with van der Waals surface area (Å²) in [5.41, 5.74) is 0.686. The van der Waals surface area contributed by atoms with Gasteiger partial charge in [-0.1, -0.05) is 11.6 Å². The Labute approximate surface area is 180 Å². The van der Waals surface area contributed by atoms with Crippen molar-refractivity contribution in [2.75, 3.05) is 29.6 Å². The van der Waals surface area contributed by atoms with Crippen molar-refractivity contribution in [1.29, 1.82) is 0 Å². The van der Waals surface area contributed by atoms with Crippen LogP contribution in [0.5, 0.6) is 5.75 Å². The molecule has 0 saturated heterocycles. The molecule has 2 rings (SSSR count). The van der Waals surface area contributed by atoms with Crippen molar-refractivity contribution in [3.05, 3.63) is 53.1 Å². The van der Waals surface area contributed by atoms with Crippen molar-refractivity contribution in [2.45, 2.75) is 19.9 Å². The number of sulfonamides is 1. The minimum Gasteiger partial charge on any atom is -0.497 e. The molecular formula is C20H23ClN2O6S. The van der Waals surface area contributed by atoms with Crippen molar-refractivity contribution in [3.63, 3.8) is 0 Å². The third-order valence-electron chi connectivity index (χ3n) is 4.14. The van der Waals surface area contributed by atoms with Gasteiger partial charge < -0.3 is 14.8 Å². The van der Waals surface area contributed by atoms with E-state index in [1.807, 2.05) is 0 Å². The zero-order valence-corrected chi connectivity index (χ0v) is 18.6.